The maximum atomic E-state index is 2.30. The Balaban J connectivity index is 0.000000266. The van der Waals surface area contributed by atoms with Crippen molar-refractivity contribution < 1.29 is 57.3 Å². The van der Waals surface area contributed by atoms with Gasteiger partial charge in [-0.25, -0.2) is 0 Å². The van der Waals surface area contributed by atoms with E-state index in [9.17, 15) is 0 Å². The fraction of sp³-hybridized carbons (Fsp3) is 0. The Morgan fingerprint density at radius 2 is 1.06 bits per heavy atom. The third kappa shape index (κ3) is 6.64. The summed E-state index contributed by atoms with van der Waals surface area (Å²) in [5.41, 5.74) is 5.19. The molecule has 0 aliphatic rings. The van der Waals surface area contributed by atoms with Crippen LogP contribution in [0.4, 0.5) is 0 Å². The average Bonchev–Trinajstić information content (AvgIpc) is 3.52. The Bertz CT molecular complexity index is 1380. The number of hydrogen-bond donors (Lipinski definition) is 0. The first kappa shape index (κ1) is 28.4. The molecule has 4 heteroatoms. The molecule has 0 nitrogen and oxygen atoms in total. The summed E-state index contributed by atoms with van der Waals surface area (Å²) in [6, 6.07) is 46.9. The van der Waals surface area contributed by atoms with Crippen LogP contribution in [0.15, 0.2) is 133 Å². The van der Waals surface area contributed by atoms with Gasteiger partial charge >= 0.3 is 30.2 Å². The molecule has 6 aromatic rings. The topological polar surface area (TPSA) is 0 Å². The average molecular weight is 664 g/mol. The Morgan fingerprint density at radius 1 is 0.529 bits per heavy atom. The molecule has 0 heterocycles. The predicted octanol–water partition coefficient (Wildman–Crippen LogP) is 1.54. The van der Waals surface area contributed by atoms with Crippen molar-refractivity contribution in [2.24, 2.45) is 0 Å². The third-order valence-electron chi connectivity index (χ3n) is 5.49. The molecule has 0 aromatic heterocycles. The van der Waals surface area contributed by atoms with Gasteiger partial charge in [0.05, 0.1) is 0 Å². The minimum atomic E-state index is 0. The first-order valence-corrected chi connectivity index (χ1v) is 16.6. The first-order chi connectivity index (χ1) is 15.9. The summed E-state index contributed by atoms with van der Waals surface area (Å²) in [6.45, 7) is 1.95. The molecule has 0 saturated carbocycles. The molecule has 168 valence electrons. The molecule has 0 spiro atoms. The van der Waals surface area contributed by atoms with Crippen LogP contribution in [-0.4, -0.2) is 6.88 Å². The van der Waals surface area contributed by atoms with Crippen LogP contribution in [0.3, 0.4) is 0 Å². The van der Waals surface area contributed by atoms with Crippen LogP contribution in [0.5, 0.6) is 0 Å². The quantitative estimate of drug-likeness (QED) is 0.195. The van der Waals surface area contributed by atoms with Crippen LogP contribution in [0, 0.1) is 0 Å². The zero-order valence-electron chi connectivity index (χ0n) is 18.7. The molecule has 0 unspecified atom stereocenters. The Labute approximate surface area is 239 Å². The van der Waals surface area contributed by atoms with Gasteiger partial charge in [0.1, 0.15) is 0 Å². The van der Waals surface area contributed by atoms with E-state index in [0.29, 0.717) is 0 Å². The fourth-order valence-electron chi connectivity index (χ4n) is 4.05. The van der Waals surface area contributed by atoms with Crippen molar-refractivity contribution >= 4 is 28.4 Å². The maximum Gasteiger partial charge on any atom is -0.0582 e. The van der Waals surface area contributed by atoms with Gasteiger partial charge in [0.2, 0.25) is 0 Å². The number of benzene rings is 4. The smallest absolute Gasteiger partial charge is 0.0582 e. The van der Waals surface area contributed by atoms with Crippen LogP contribution < -0.4 is 34.0 Å². The minimum absolute atomic E-state index is 0. The second-order valence-corrected chi connectivity index (χ2v) is 7.41. The molecule has 0 aliphatic heterocycles. The summed E-state index contributed by atoms with van der Waals surface area (Å²) in [5.74, 6) is 0. The zero-order chi connectivity index (χ0) is 22.2. The molecule has 0 amide bonds. The molecule has 0 N–H and O–H groups in total. The van der Waals surface area contributed by atoms with E-state index < -0.39 is 0 Å². The van der Waals surface area contributed by atoms with Gasteiger partial charge in [0, 0.05) is 0 Å². The van der Waals surface area contributed by atoms with Crippen molar-refractivity contribution in [2.45, 2.75) is 0 Å². The summed E-state index contributed by atoms with van der Waals surface area (Å²) in [5, 5.41) is 5.28. The second kappa shape index (κ2) is 14.5. The van der Waals surface area contributed by atoms with E-state index in [1.165, 1.54) is 43.8 Å². The molecule has 6 rings (SSSR count). The van der Waals surface area contributed by atoms with E-state index in [1.807, 2.05) is 6.88 Å². The standard InChI is InChI=1S/C21H15.C9H7.2BrH.H2Si.Zr/c1-3-9-16(10-4-1)20-15-18-13-7-8-14-19(18)21(20)17-11-5-2-6-12-17;1-2-5-9-7-3-6-8(9)4-1;;;;/h1-15H;1-7H;2*1H;1H2;/q2*-1;;;;+2/p-2. The van der Waals surface area contributed by atoms with Gasteiger partial charge in [-0.3, -0.25) is 0 Å². The summed E-state index contributed by atoms with van der Waals surface area (Å²) in [4.78, 5) is 0. The van der Waals surface area contributed by atoms with Crippen LogP contribution in [-0.2, 0) is 23.3 Å². The molecule has 0 atom stereocenters. The first-order valence-electron chi connectivity index (χ1n) is 10.7. The number of rotatable bonds is 2. The van der Waals surface area contributed by atoms with Crippen LogP contribution in [0.1, 0.15) is 0 Å². The Hall–Kier alpha value is -1.84. The number of hydrogen-bond acceptors (Lipinski definition) is 0. The van der Waals surface area contributed by atoms with E-state index in [-0.39, 0.29) is 34.0 Å². The molecular weight excluding hydrogens is 639 g/mol. The molecule has 0 bridgehead atoms. The van der Waals surface area contributed by atoms with Gasteiger partial charge in [-0.15, -0.1) is 63.7 Å². The molecule has 34 heavy (non-hydrogen) atoms. The van der Waals surface area contributed by atoms with Gasteiger partial charge in [0.25, 0.3) is 0 Å². The predicted molar refractivity (Wildman–Crippen MR) is 138 cm³/mol. The van der Waals surface area contributed by atoms with E-state index >= 15 is 0 Å². The van der Waals surface area contributed by atoms with Gasteiger partial charge in [-0.1, -0.05) is 96.1 Å². The monoisotopic (exact) mass is 660 g/mol. The molecular formula is C30H24Br2SiZr-2. The maximum absolute atomic E-state index is 2.30. The fourth-order valence-corrected chi connectivity index (χ4v) is 4.05. The normalized spacial score (nSPS) is 9.59. The molecule has 0 aliphatic carbocycles. The van der Waals surface area contributed by atoms with Crippen molar-refractivity contribution in [3.8, 4) is 22.3 Å². The van der Waals surface area contributed by atoms with E-state index in [2.05, 4.69) is 133 Å². The van der Waals surface area contributed by atoms with Gasteiger partial charge in [-0.2, -0.15) is 17.5 Å². The van der Waals surface area contributed by atoms with Crippen LogP contribution in [0.2, 0.25) is 0 Å². The van der Waals surface area contributed by atoms with Crippen molar-refractivity contribution in [3.63, 3.8) is 0 Å². The third-order valence-corrected chi connectivity index (χ3v) is 5.49. The van der Waals surface area contributed by atoms with E-state index in [4.69, 9.17) is 0 Å². The van der Waals surface area contributed by atoms with Gasteiger partial charge in [-0.05, 0) is 0 Å². The van der Waals surface area contributed by atoms with Gasteiger partial charge in [0.15, 0.2) is 0 Å². The molecule has 0 saturated heterocycles. The molecule has 6 aromatic carbocycles. The molecule has 0 fully saturated rings. The number of halogens is 2. The second-order valence-electron chi connectivity index (χ2n) is 7.41. The van der Waals surface area contributed by atoms with E-state index in [1.54, 1.807) is 23.3 Å². The number of fused-ring (bicyclic) bond motifs is 2. The minimum Gasteiger partial charge on any atom is -0.168 e. The van der Waals surface area contributed by atoms with Crippen molar-refractivity contribution in [1.29, 1.82) is 0 Å². The Morgan fingerprint density at radius 3 is 1.71 bits per heavy atom. The van der Waals surface area contributed by atoms with Crippen LogP contribution >= 0.6 is 0 Å². The summed E-state index contributed by atoms with van der Waals surface area (Å²) in [7, 11) is 0. The largest absolute Gasteiger partial charge is 0.168 e. The summed E-state index contributed by atoms with van der Waals surface area (Å²) in [6.07, 6.45) is 0. The SMILES string of the molecule is [Br-].[Br-].[SiH2]=[Zr+2].c1ccc(-c2[cH-]c3ccccc3c2-c2ccccc2)cc1.c1ccc2[cH-]ccc2c1. The Kier molecular flexibility index (Phi) is 12.1. The molecule has 0 radical (unpaired) electrons. The van der Waals surface area contributed by atoms with Gasteiger partial charge < -0.3 is 34.0 Å². The zero-order valence-corrected chi connectivity index (χ0v) is 25.7. The van der Waals surface area contributed by atoms with Crippen LogP contribution in [0.25, 0.3) is 43.8 Å². The van der Waals surface area contributed by atoms with E-state index in [0.717, 1.165) is 0 Å². The van der Waals surface area contributed by atoms with Crippen molar-refractivity contribution in [2.75, 3.05) is 0 Å². The van der Waals surface area contributed by atoms with Crippen molar-refractivity contribution in [1.82, 2.24) is 0 Å². The van der Waals surface area contributed by atoms with Crippen molar-refractivity contribution in [3.05, 3.63) is 133 Å². The summed E-state index contributed by atoms with van der Waals surface area (Å²) >= 11 is 1.58. The summed E-state index contributed by atoms with van der Waals surface area (Å²) < 4.78 is 0.